The van der Waals surface area contributed by atoms with E-state index in [2.05, 4.69) is 16.8 Å². The van der Waals surface area contributed by atoms with E-state index in [9.17, 15) is 4.39 Å². The summed E-state index contributed by atoms with van der Waals surface area (Å²) in [5.41, 5.74) is -1.13. The highest BCUT2D eigenvalue weighted by atomic mass is 19.1. The van der Waals surface area contributed by atoms with Gasteiger partial charge in [-0.1, -0.05) is 0 Å². The minimum atomic E-state index is -1.13. The topological polar surface area (TPSA) is 15.7 Å². The Hall–Kier alpha value is -0.190. The predicted molar refractivity (Wildman–Crippen MR) is 69.2 cm³/mol. The lowest BCUT2D eigenvalue weighted by Gasteiger charge is -2.39. The van der Waals surface area contributed by atoms with E-state index in [4.69, 9.17) is 4.74 Å². The molecule has 3 nitrogen and oxygen atoms in total. The van der Waals surface area contributed by atoms with Crippen LogP contribution in [0.1, 0.15) is 26.7 Å². The third kappa shape index (κ3) is 5.80. The van der Waals surface area contributed by atoms with Crippen molar-refractivity contribution < 1.29 is 9.13 Å². The fraction of sp³-hybridized carbons (Fsp3) is 1.00. The molecule has 17 heavy (non-hydrogen) atoms. The van der Waals surface area contributed by atoms with E-state index in [1.807, 2.05) is 0 Å². The van der Waals surface area contributed by atoms with Gasteiger partial charge in [-0.25, -0.2) is 4.39 Å². The van der Waals surface area contributed by atoms with Crippen LogP contribution in [-0.4, -0.2) is 68.5 Å². The van der Waals surface area contributed by atoms with Crippen LogP contribution in [0.2, 0.25) is 0 Å². The highest BCUT2D eigenvalue weighted by molar-refractivity contribution is 4.82. The number of methoxy groups -OCH3 is 1. The molecule has 0 aromatic rings. The van der Waals surface area contributed by atoms with E-state index in [-0.39, 0.29) is 0 Å². The summed E-state index contributed by atoms with van der Waals surface area (Å²) in [6.07, 6.45) is 2.27. The van der Waals surface area contributed by atoms with Crippen molar-refractivity contribution in [3.05, 3.63) is 0 Å². The lowest BCUT2D eigenvalue weighted by Crippen LogP contribution is -2.48. The van der Waals surface area contributed by atoms with Crippen LogP contribution in [0.15, 0.2) is 0 Å². The maximum Gasteiger partial charge on any atom is 0.118 e. The third-order valence-corrected chi connectivity index (χ3v) is 3.37. The fourth-order valence-corrected chi connectivity index (χ4v) is 2.44. The molecule has 0 unspecified atom stereocenters. The summed E-state index contributed by atoms with van der Waals surface area (Å²) in [6, 6.07) is 0.511. The molecule has 0 saturated carbocycles. The summed E-state index contributed by atoms with van der Waals surface area (Å²) in [7, 11) is 3.85. The first-order valence-corrected chi connectivity index (χ1v) is 6.53. The van der Waals surface area contributed by atoms with E-state index in [0.717, 1.165) is 32.5 Å². The molecule has 0 amide bonds. The SMILES string of the molecule is COCCN(CC(C)(C)F)C1CCN(C)CC1. The monoisotopic (exact) mass is 246 g/mol. The Morgan fingerprint density at radius 2 is 1.94 bits per heavy atom. The molecular weight excluding hydrogens is 219 g/mol. The van der Waals surface area contributed by atoms with Gasteiger partial charge < -0.3 is 9.64 Å². The molecule has 0 spiro atoms. The maximum absolute atomic E-state index is 13.8. The summed E-state index contributed by atoms with van der Waals surface area (Å²) in [6.45, 7) is 7.55. The number of alkyl halides is 1. The van der Waals surface area contributed by atoms with Gasteiger partial charge in [-0.05, 0) is 46.8 Å². The molecule has 0 atom stereocenters. The van der Waals surface area contributed by atoms with Crippen LogP contribution in [0.3, 0.4) is 0 Å². The van der Waals surface area contributed by atoms with E-state index >= 15 is 0 Å². The molecule has 0 aliphatic carbocycles. The van der Waals surface area contributed by atoms with Gasteiger partial charge in [0.25, 0.3) is 0 Å². The number of ether oxygens (including phenoxy) is 1. The summed E-state index contributed by atoms with van der Waals surface area (Å²) in [5.74, 6) is 0. The van der Waals surface area contributed by atoms with E-state index in [1.165, 1.54) is 0 Å². The van der Waals surface area contributed by atoms with Gasteiger partial charge in [-0.15, -0.1) is 0 Å². The second kappa shape index (κ2) is 6.66. The first kappa shape index (κ1) is 14.9. The summed E-state index contributed by atoms with van der Waals surface area (Å²) in [5, 5.41) is 0. The Kier molecular flexibility index (Phi) is 5.83. The smallest absolute Gasteiger partial charge is 0.118 e. The van der Waals surface area contributed by atoms with Crippen molar-refractivity contribution in [2.24, 2.45) is 0 Å². The number of hydrogen-bond donors (Lipinski definition) is 0. The zero-order valence-corrected chi connectivity index (χ0v) is 11.7. The quantitative estimate of drug-likeness (QED) is 0.710. The van der Waals surface area contributed by atoms with Crippen molar-refractivity contribution in [3.63, 3.8) is 0 Å². The molecule has 1 aliphatic heterocycles. The Morgan fingerprint density at radius 3 is 2.41 bits per heavy atom. The average molecular weight is 246 g/mol. The Bertz CT molecular complexity index is 210. The van der Waals surface area contributed by atoms with Crippen molar-refractivity contribution in [1.82, 2.24) is 9.80 Å². The molecule has 1 rings (SSSR count). The van der Waals surface area contributed by atoms with E-state index in [1.54, 1.807) is 21.0 Å². The summed E-state index contributed by atoms with van der Waals surface area (Å²) >= 11 is 0. The van der Waals surface area contributed by atoms with Gasteiger partial charge in [0, 0.05) is 26.2 Å². The lowest BCUT2D eigenvalue weighted by molar-refractivity contribution is 0.0433. The van der Waals surface area contributed by atoms with Gasteiger partial charge in [0.1, 0.15) is 5.67 Å². The second-order valence-electron chi connectivity index (χ2n) is 5.72. The number of hydrogen-bond acceptors (Lipinski definition) is 3. The number of piperidine rings is 1. The first-order chi connectivity index (χ1) is 7.92. The number of halogens is 1. The fourth-order valence-electron chi connectivity index (χ4n) is 2.44. The molecule has 1 saturated heterocycles. The van der Waals surface area contributed by atoms with Crippen molar-refractivity contribution in [2.75, 3.05) is 46.9 Å². The average Bonchev–Trinajstić information content (AvgIpc) is 2.24. The van der Waals surface area contributed by atoms with Gasteiger partial charge >= 0.3 is 0 Å². The number of rotatable bonds is 6. The number of likely N-dealkylation sites (tertiary alicyclic amines) is 1. The zero-order valence-electron chi connectivity index (χ0n) is 11.7. The van der Waals surface area contributed by atoms with Gasteiger partial charge in [0.2, 0.25) is 0 Å². The van der Waals surface area contributed by atoms with Gasteiger partial charge in [-0.3, -0.25) is 4.90 Å². The molecular formula is C13H27FN2O. The number of nitrogens with zero attached hydrogens (tertiary/aromatic N) is 2. The third-order valence-electron chi connectivity index (χ3n) is 3.37. The van der Waals surface area contributed by atoms with Crippen molar-refractivity contribution in [1.29, 1.82) is 0 Å². The summed E-state index contributed by atoms with van der Waals surface area (Å²) < 4.78 is 18.9. The normalized spacial score (nSPS) is 20.1. The highest BCUT2D eigenvalue weighted by Gasteiger charge is 2.28. The Morgan fingerprint density at radius 1 is 1.35 bits per heavy atom. The molecule has 0 N–H and O–H groups in total. The van der Waals surface area contributed by atoms with Crippen molar-refractivity contribution in [3.8, 4) is 0 Å². The predicted octanol–water partition coefficient (Wildman–Crippen LogP) is 1.78. The molecule has 0 aromatic carbocycles. The van der Waals surface area contributed by atoms with Crippen LogP contribution in [0.25, 0.3) is 0 Å². The first-order valence-electron chi connectivity index (χ1n) is 6.53. The molecule has 0 aromatic heterocycles. The molecule has 0 bridgehead atoms. The minimum absolute atomic E-state index is 0.505. The van der Waals surface area contributed by atoms with Crippen LogP contribution in [0, 0.1) is 0 Å². The molecule has 1 fully saturated rings. The molecule has 4 heteroatoms. The van der Waals surface area contributed by atoms with Gasteiger partial charge in [0.05, 0.1) is 6.61 Å². The molecule has 1 aliphatic rings. The molecule has 102 valence electrons. The highest BCUT2D eigenvalue weighted by Crippen LogP contribution is 2.19. The van der Waals surface area contributed by atoms with Crippen LogP contribution < -0.4 is 0 Å². The Balaban J connectivity index is 2.49. The van der Waals surface area contributed by atoms with Gasteiger partial charge in [0.15, 0.2) is 0 Å². The summed E-state index contributed by atoms with van der Waals surface area (Å²) in [4.78, 5) is 4.60. The van der Waals surface area contributed by atoms with Crippen molar-refractivity contribution in [2.45, 2.75) is 38.4 Å². The van der Waals surface area contributed by atoms with E-state index < -0.39 is 5.67 Å². The zero-order chi connectivity index (χ0) is 12.9. The van der Waals surface area contributed by atoms with Crippen molar-refractivity contribution >= 4 is 0 Å². The van der Waals surface area contributed by atoms with Crippen LogP contribution in [0.5, 0.6) is 0 Å². The molecule has 1 heterocycles. The lowest BCUT2D eigenvalue weighted by atomic mass is 10.0. The second-order valence-corrected chi connectivity index (χ2v) is 5.72. The van der Waals surface area contributed by atoms with Crippen LogP contribution in [0.4, 0.5) is 4.39 Å². The minimum Gasteiger partial charge on any atom is -0.383 e. The van der Waals surface area contributed by atoms with Crippen LogP contribution >= 0.6 is 0 Å². The van der Waals surface area contributed by atoms with Crippen LogP contribution in [-0.2, 0) is 4.74 Å². The van der Waals surface area contributed by atoms with E-state index in [0.29, 0.717) is 19.2 Å². The molecule has 0 radical (unpaired) electrons. The largest absolute Gasteiger partial charge is 0.383 e. The Labute approximate surface area is 105 Å². The standard InChI is InChI=1S/C13H27FN2O/c1-13(2,14)11-16(9-10-17-4)12-5-7-15(3)8-6-12/h12H,5-11H2,1-4H3. The van der Waals surface area contributed by atoms with Gasteiger partial charge in [-0.2, -0.15) is 0 Å². The maximum atomic E-state index is 13.8.